The molecule has 0 radical (unpaired) electrons. The molecule has 0 bridgehead atoms. The largest absolute Gasteiger partial charge is 0.480 e. The van der Waals surface area contributed by atoms with Gasteiger partial charge in [-0.2, -0.15) is 0 Å². The molecule has 0 N–H and O–H groups in total. The van der Waals surface area contributed by atoms with Gasteiger partial charge in [0.25, 0.3) is 5.91 Å². The van der Waals surface area contributed by atoms with Crippen LogP contribution >= 0.6 is 11.3 Å². The first-order valence-corrected chi connectivity index (χ1v) is 8.82. The molecule has 0 aliphatic carbocycles. The highest BCUT2D eigenvalue weighted by Gasteiger charge is 2.33. The number of amides is 1. The number of nitrogens with zero attached hydrogens (tertiary/aromatic N) is 2. The standard InChI is InChI=1S/C19H18N2O2S/c1-12(18-20-14-8-4-6-10-17(14)24-18)21(2)19(22)16-11-13-7-3-5-9-15(13)23-16/h3-10,12,16H,11H2,1-2H3/t12-,16-/m0/s1. The Morgan fingerprint density at radius 1 is 1.25 bits per heavy atom. The molecule has 2 atom stereocenters. The van der Waals surface area contributed by atoms with Gasteiger partial charge in [-0.3, -0.25) is 4.79 Å². The molecule has 0 saturated heterocycles. The fourth-order valence-corrected chi connectivity index (χ4v) is 4.04. The van der Waals surface area contributed by atoms with E-state index in [2.05, 4.69) is 11.1 Å². The van der Waals surface area contributed by atoms with E-state index in [0.29, 0.717) is 6.42 Å². The summed E-state index contributed by atoms with van der Waals surface area (Å²) in [4.78, 5) is 19.2. The second kappa shape index (κ2) is 5.91. The van der Waals surface area contributed by atoms with Gasteiger partial charge in [-0.05, 0) is 30.7 Å². The zero-order chi connectivity index (χ0) is 16.7. The van der Waals surface area contributed by atoms with Crippen LogP contribution in [0.4, 0.5) is 0 Å². The molecule has 4 nitrogen and oxygen atoms in total. The summed E-state index contributed by atoms with van der Waals surface area (Å²) in [5.74, 6) is 0.815. The number of para-hydroxylation sites is 2. The first-order chi connectivity index (χ1) is 11.6. The monoisotopic (exact) mass is 338 g/mol. The molecular formula is C19H18N2O2S. The van der Waals surface area contributed by atoms with Gasteiger partial charge in [-0.15, -0.1) is 11.3 Å². The Balaban J connectivity index is 1.52. The lowest BCUT2D eigenvalue weighted by molar-refractivity contribution is -0.138. The summed E-state index contributed by atoms with van der Waals surface area (Å²) in [7, 11) is 1.82. The number of hydrogen-bond acceptors (Lipinski definition) is 4. The average Bonchev–Trinajstić information content (AvgIpc) is 3.23. The van der Waals surface area contributed by atoms with Crippen LogP contribution < -0.4 is 4.74 Å². The Bertz CT molecular complexity index is 847. The van der Waals surface area contributed by atoms with Crippen molar-refractivity contribution in [2.45, 2.75) is 25.5 Å². The highest BCUT2D eigenvalue weighted by Crippen LogP contribution is 2.32. The maximum absolute atomic E-state index is 12.8. The number of fused-ring (bicyclic) bond motifs is 2. The van der Waals surface area contributed by atoms with Gasteiger partial charge in [0.15, 0.2) is 6.10 Å². The highest BCUT2D eigenvalue weighted by molar-refractivity contribution is 7.18. The van der Waals surface area contributed by atoms with Gasteiger partial charge in [0.1, 0.15) is 10.8 Å². The maximum Gasteiger partial charge on any atom is 0.264 e. The lowest BCUT2D eigenvalue weighted by atomic mass is 10.1. The third-order valence-corrected chi connectivity index (χ3v) is 5.73. The number of likely N-dealkylation sites (N-methyl/N-ethyl adjacent to an activating group) is 1. The topological polar surface area (TPSA) is 42.4 Å². The molecular weight excluding hydrogens is 320 g/mol. The number of aromatic nitrogens is 1. The van der Waals surface area contributed by atoms with Crippen LogP contribution in [0.3, 0.4) is 0 Å². The quantitative estimate of drug-likeness (QED) is 0.729. The van der Waals surface area contributed by atoms with Crippen molar-refractivity contribution < 1.29 is 9.53 Å². The number of ether oxygens (including phenoxy) is 1. The van der Waals surface area contributed by atoms with Crippen LogP contribution in [0.5, 0.6) is 5.75 Å². The summed E-state index contributed by atoms with van der Waals surface area (Å²) in [6, 6.07) is 15.8. The van der Waals surface area contributed by atoms with Gasteiger partial charge in [0.05, 0.1) is 16.3 Å². The predicted molar refractivity (Wildman–Crippen MR) is 95.4 cm³/mol. The molecule has 0 fully saturated rings. The summed E-state index contributed by atoms with van der Waals surface area (Å²) in [6.45, 7) is 2.01. The second-order valence-electron chi connectivity index (χ2n) is 6.06. The van der Waals surface area contributed by atoms with Crippen LogP contribution in [-0.4, -0.2) is 28.9 Å². The van der Waals surface area contributed by atoms with Crippen molar-refractivity contribution in [3.8, 4) is 5.75 Å². The molecule has 1 aliphatic rings. The van der Waals surface area contributed by atoms with E-state index in [4.69, 9.17) is 4.74 Å². The minimum Gasteiger partial charge on any atom is -0.480 e. The molecule has 0 unspecified atom stereocenters. The van der Waals surface area contributed by atoms with Crippen LogP contribution in [0.15, 0.2) is 48.5 Å². The fourth-order valence-electron chi connectivity index (χ4n) is 2.97. The molecule has 0 spiro atoms. The number of carbonyl (C=O) groups is 1. The molecule has 2 heterocycles. The van der Waals surface area contributed by atoms with Crippen LogP contribution in [0.2, 0.25) is 0 Å². The van der Waals surface area contributed by atoms with Crippen molar-refractivity contribution in [2.75, 3.05) is 7.05 Å². The number of benzene rings is 2. The average molecular weight is 338 g/mol. The summed E-state index contributed by atoms with van der Waals surface area (Å²) >= 11 is 1.64. The molecule has 3 aromatic rings. The third kappa shape index (κ3) is 2.55. The first kappa shape index (κ1) is 15.1. The molecule has 24 heavy (non-hydrogen) atoms. The number of thiazole rings is 1. The summed E-state index contributed by atoms with van der Waals surface area (Å²) in [6.07, 6.45) is 0.190. The Morgan fingerprint density at radius 3 is 2.79 bits per heavy atom. The molecule has 0 saturated carbocycles. The zero-order valence-corrected chi connectivity index (χ0v) is 14.4. The summed E-state index contributed by atoms with van der Waals surface area (Å²) < 4.78 is 6.97. The van der Waals surface area contributed by atoms with Crippen LogP contribution in [0.25, 0.3) is 10.2 Å². The maximum atomic E-state index is 12.8. The van der Waals surface area contributed by atoms with E-state index in [1.165, 1.54) is 0 Å². The number of carbonyl (C=O) groups excluding carboxylic acids is 1. The Hall–Kier alpha value is -2.40. The van der Waals surface area contributed by atoms with Gasteiger partial charge in [0.2, 0.25) is 0 Å². The Morgan fingerprint density at radius 2 is 2.00 bits per heavy atom. The van der Waals surface area contributed by atoms with Crippen molar-refractivity contribution >= 4 is 27.5 Å². The van der Waals surface area contributed by atoms with E-state index in [1.807, 2.05) is 56.4 Å². The van der Waals surface area contributed by atoms with Crippen molar-refractivity contribution in [1.82, 2.24) is 9.88 Å². The minimum atomic E-state index is -0.441. The van der Waals surface area contributed by atoms with Gasteiger partial charge >= 0.3 is 0 Å². The molecule has 1 amide bonds. The van der Waals surface area contributed by atoms with Crippen LogP contribution in [0, 0.1) is 0 Å². The fraction of sp³-hybridized carbons (Fsp3) is 0.263. The first-order valence-electron chi connectivity index (χ1n) is 8.00. The van der Waals surface area contributed by atoms with Gasteiger partial charge in [0, 0.05) is 13.5 Å². The van der Waals surface area contributed by atoms with E-state index in [-0.39, 0.29) is 11.9 Å². The smallest absolute Gasteiger partial charge is 0.264 e. The van der Waals surface area contributed by atoms with Crippen molar-refractivity contribution in [2.24, 2.45) is 0 Å². The molecule has 2 aromatic carbocycles. The van der Waals surface area contributed by atoms with Crippen LogP contribution in [-0.2, 0) is 11.2 Å². The molecule has 1 aliphatic heterocycles. The van der Waals surface area contributed by atoms with E-state index in [9.17, 15) is 4.79 Å². The van der Waals surface area contributed by atoms with Crippen molar-refractivity contribution in [3.63, 3.8) is 0 Å². The SMILES string of the molecule is C[C@@H](c1nc2ccccc2s1)N(C)C(=O)[C@@H]1Cc2ccccc2O1. The van der Waals surface area contributed by atoms with E-state index < -0.39 is 6.10 Å². The predicted octanol–water partition coefficient (Wildman–Crippen LogP) is 3.82. The number of hydrogen-bond donors (Lipinski definition) is 0. The minimum absolute atomic E-state index is 0.00189. The van der Waals surface area contributed by atoms with Gasteiger partial charge in [-0.1, -0.05) is 30.3 Å². The Labute approximate surface area is 144 Å². The highest BCUT2D eigenvalue weighted by atomic mass is 32.1. The van der Waals surface area contributed by atoms with Gasteiger partial charge in [-0.25, -0.2) is 4.98 Å². The Kier molecular flexibility index (Phi) is 3.73. The third-order valence-electron chi connectivity index (χ3n) is 4.52. The molecule has 122 valence electrons. The second-order valence-corrected chi connectivity index (χ2v) is 7.13. The van der Waals surface area contributed by atoms with Crippen molar-refractivity contribution in [3.05, 3.63) is 59.1 Å². The van der Waals surface area contributed by atoms with E-state index in [1.54, 1.807) is 16.2 Å². The lowest BCUT2D eigenvalue weighted by Crippen LogP contribution is -2.40. The summed E-state index contributed by atoms with van der Waals surface area (Å²) in [5.41, 5.74) is 2.08. The summed E-state index contributed by atoms with van der Waals surface area (Å²) in [5, 5.41) is 0.947. The lowest BCUT2D eigenvalue weighted by Gasteiger charge is -2.25. The van der Waals surface area contributed by atoms with Gasteiger partial charge < -0.3 is 9.64 Å². The van der Waals surface area contributed by atoms with Crippen molar-refractivity contribution in [1.29, 1.82) is 0 Å². The van der Waals surface area contributed by atoms with E-state index in [0.717, 1.165) is 26.5 Å². The number of rotatable bonds is 3. The van der Waals surface area contributed by atoms with Crippen LogP contribution in [0.1, 0.15) is 23.5 Å². The molecule has 1 aromatic heterocycles. The molecule has 5 heteroatoms. The normalized spacial score (nSPS) is 17.3. The zero-order valence-electron chi connectivity index (χ0n) is 13.6. The van der Waals surface area contributed by atoms with E-state index >= 15 is 0 Å². The molecule has 4 rings (SSSR count).